The molecule has 0 fully saturated rings. The van der Waals surface area contributed by atoms with Crippen LogP contribution < -0.4 is 5.32 Å². The molecule has 0 unspecified atom stereocenters. The molecule has 0 aliphatic heterocycles. The van der Waals surface area contributed by atoms with Crippen molar-refractivity contribution in [2.45, 2.75) is 6.61 Å². The molecule has 0 radical (unpaired) electrons. The standard InChI is InChI=1S/C12H10IN3O2/c13-10-6-7-14-11(15-10)16-12(17)18-8-9-4-2-1-3-5-9/h1-7H,8H2,(H,14,15,16,17). The van der Waals surface area contributed by atoms with Crippen LogP contribution in [0.1, 0.15) is 5.56 Å². The van der Waals surface area contributed by atoms with E-state index in [1.807, 2.05) is 52.9 Å². The first-order valence-corrected chi connectivity index (χ1v) is 6.28. The Morgan fingerprint density at radius 1 is 1.28 bits per heavy atom. The molecule has 1 amide bonds. The highest BCUT2D eigenvalue weighted by Gasteiger charge is 2.05. The lowest BCUT2D eigenvalue weighted by atomic mass is 10.2. The molecule has 1 N–H and O–H groups in total. The van der Waals surface area contributed by atoms with E-state index in [9.17, 15) is 4.79 Å². The monoisotopic (exact) mass is 355 g/mol. The summed E-state index contributed by atoms with van der Waals surface area (Å²) in [6.45, 7) is 0.219. The molecule has 0 atom stereocenters. The molecule has 1 aromatic carbocycles. The summed E-state index contributed by atoms with van der Waals surface area (Å²) in [5.74, 6) is 0.236. The lowest BCUT2D eigenvalue weighted by Gasteiger charge is -2.05. The van der Waals surface area contributed by atoms with E-state index >= 15 is 0 Å². The van der Waals surface area contributed by atoms with Crippen molar-refractivity contribution >= 4 is 34.6 Å². The number of nitrogens with one attached hydrogen (secondary N) is 1. The van der Waals surface area contributed by atoms with Gasteiger partial charge >= 0.3 is 6.09 Å². The van der Waals surface area contributed by atoms with Crippen molar-refractivity contribution in [3.63, 3.8) is 0 Å². The number of anilines is 1. The number of halogens is 1. The number of carbonyl (C=O) groups is 1. The van der Waals surface area contributed by atoms with Gasteiger partial charge in [0, 0.05) is 6.20 Å². The Morgan fingerprint density at radius 3 is 2.78 bits per heavy atom. The zero-order chi connectivity index (χ0) is 12.8. The Hall–Kier alpha value is -1.70. The lowest BCUT2D eigenvalue weighted by Crippen LogP contribution is -2.15. The molecule has 0 bridgehead atoms. The van der Waals surface area contributed by atoms with Crippen LogP contribution in [-0.4, -0.2) is 16.1 Å². The average molecular weight is 355 g/mol. The SMILES string of the molecule is O=C(Nc1nccc(I)n1)OCc1ccccc1. The minimum absolute atomic E-state index is 0.219. The molecular formula is C12H10IN3O2. The van der Waals surface area contributed by atoms with Crippen molar-refractivity contribution < 1.29 is 9.53 Å². The molecule has 2 rings (SSSR count). The van der Waals surface area contributed by atoms with Crippen LogP contribution in [0.3, 0.4) is 0 Å². The van der Waals surface area contributed by atoms with Crippen molar-refractivity contribution in [3.8, 4) is 0 Å². The minimum Gasteiger partial charge on any atom is -0.444 e. The topological polar surface area (TPSA) is 64.1 Å². The Bertz CT molecular complexity index is 534. The number of ether oxygens (including phenoxy) is 1. The zero-order valence-corrected chi connectivity index (χ0v) is 11.5. The summed E-state index contributed by atoms with van der Waals surface area (Å²) in [6, 6.07) is 11.2. The van der Waals surface area contributed by atoms with Crippen LogP contribution in [0, 0.1) is 3.70 Å². The first-order chi connectivity index (χ1) is 8.74. The first kappa shape index (κ1) is 12.7. The number of aromatic nitrogens is 2. The summed E-state index contributed by atoms with van der Waals surface area (Å²) in [4.78, 5) is 19.4. The molecule has 2 aromatic rings. The molecule has 5 nitrogen and oxygen atoms in total. The summed E-state index contributed by atoms with van der Waals surface area (Å²) in [5.41, 5.74) is 0.927. The fourth-order valence-electron chi connectivity index (χ4n) is 1.25. The van der Waals surface area contributed by atoms with Gasteiger partial charge in [-0.05, 0) is 34.2 Å². The summed E-state index contributed by atoms with van der Waals surface area (Å²) in [7, 11) is 0. The van der Waals surface area contributed by atoms with Gasteiger partial charge in [0.2, 0.25) is 5.95 Å². The van der Waals surface area contributed by atoms with Crippen LogP contribution in [0.5, 0.6) is 0 Å². The third kappa shape index (κ3) is 3.95. The molecule has 0 aliphatic rings. The second kappa shape index (κ2) is 6.29. The largest absolute Gasteiger partial charge is 0.444 e. The molecule has 0 saturated carbocycles. The van der Waals surface area contributed by atoms with E-state index in [0.29, 0.717) is 0 Å². The van der Waals surface area contributed by atoms with Gasteiger partial charge in [-0.25, -0.2) is 14.8 Å². The van der Waals surface area contributed by atoms with Crippen LogP contribution in [0.2, 0.25) is 0 Å². The Morgan fingerprint density at radius 2 is 2.06 bits per heavy atom. The van der Waals surface area contributed by atoms with Gasteiger partial charge in [-0.1, -0.05) is 30.3 Å². The molecule has 0 saturated heterocycles. The Kier molecular flexibility index (Phi) is 4.46. The average Bonchev–Trinajstić information content (AvgIpc) is 2.38. The van der Waals surface area contributed by atoms with Gasteiger partial charge in [-0.3, -0.25) is 5.32 Å². The van der Waals surface area contributed by atoms with Crippen LogP contribution in [0.25, 0.3) is 0 Å². The second-order valence-electron chi connectivity index (χ2n) is 3.39. The van der Waals surface area contributed by atoms with E-state index in [0.717, 1.165) is 9.26 Å². The van der Waals surface area contributed by atoms with Gasteiger partial charge in [-0.2, -0.15) is 0 Å². The van der Waals surface area contributed by atoms with E-state index in [2.05, 4.69) is 15.3 Å². The van der Waals surface area contributed by atoms with Crippen molar-refractivity contribution in [1.82, 2.24) is 9.97 Å². The van der Waals surface area contributed by atoms with Crippen molar-refractivity contribution in [2.24, 2.45) is 0 Å². The Balaban J connectivity index is 1.86. The number of carbonyl (C=O) groups excluding carboxylic acids is 1. The predicted molar refractivity (Wildman–Crippen MR) is 75.0 cm³/mol. The van der Waals surface area contributed by atoms with E-state index in [-0.39, 0.29) is 12.6 Å². The Labute approximate surface area is 118 Å². The van der Waals surface area contributed by atoms with Crippen molar-refractivity contribution in [1.29, 1.82) is 0 Å². The van der Waals surface area contributed by atoms with Crippen LogP contribution in [0.15, 0.2) is 42.6 Å². The van der Waals surface area contributed by atoms with Gasteiger partial charge in [0.05, 0.1) is 0 Å². The third-order valence-corrected chi connectivity index (χ3v) is 2.65. The first-order valence-electron chi connectivity index (χ1n) is 5.20. The van der Waals surface area contributed by atoms with E-state index < -0.39 is 6.09 Å². The third-order valence-electron chi connectivity index (χ3n) is 2.05. The maximum atomic E-state index is 11.5. The van der Waals surface area contributed by atoms with Crippen LogP contribution in [0.4, 0.5) is 10.7 Å². The van der Waals surface area contributed by atoms with Crippen LogP contribution in [-0.2, 0) is 11.3 Å². The minimum atomic E-state index is -0.569. The predicted octanol–water partition coefficient (Wildman–Crippen LogP) is 2.83. The van der Waals surface area contributed by atoms with Gasteiger partial charge in [0.25, 0.3) is 0 Å². The molecule has 92 valence electrons. The maximum Gasteiger partial charge on any atom is 0.414 e. The van der Waals surface area contributed by atoms with Crippen LogP contribution >= 0.6 is 22.6 Å². The second-order valence-corrected chi connectivity index (χ2v) is 4.49. The number of rotatable bonds is 3. The zero-order valence-electron chi connectivity index (χ0n) is 9.34. The highest BCUT2D eigenvalue weighted by molar-refractivity contribution is 14.1. The summed E-state index contributed by atoms with van der Waals surface area (Å²) in [6.07, 6.45) is 1.00. The molecule has 18 heavy (non-hydrogen) atoms. The van der Waals surface area contributed by atoms with Gasteiger partial charge < -0.3 is 4.74 Å². The maximum absolute atomic E-state index is 11.5. The lowest BCUT2D eigenvalue weighted by molar-refractivity contribution is 0.155. The fraction of sp³-hybridized carbons (Fsp3) is 0.0833. The van der Waals surface area contributed by atoms with E-state index in [1.54, 1.807) is 12.3 Å². The van der Waals surface area contributed by atoms with Gasteiger partial charge in [0.1, 0.15) is 10.3 Å². The van der Waals surface area contributed by atoms with E-state index in [1.165, 1.54) is 0 Å². The molecule has 1 aromatic heterocycles. The molecular weight excluding hydrogens is 345 g/mol. The van der Waals surface area contributed by atoms with Crippen molar-refractivity contribution in [2.75, 3.05) is 5.32 Å². The smallest absolute Gasteiger partial charge is 0.414 e. The summed E-state index contributed by atoms with van der Waals surface area (Å²) < 4.78 is 5.79. The normalized spacial score (nSPS) is 9.83. The number of hydrogen-bond donors (Lipinski definition) is 1. The number of nitrogens with zero attached hydrogens (tertiary/aromatic N) is 2. The van der Waals surface area contributed by atoms with Gasteiger partial charge in [-0.15, -0.1) is 0 Å². The number of amides is 1. The summed E-state index contributed by atoms with van der Waals surface area (Å²) >= 11 is 2.04. The fourth-order valence-corrected chi connectivity index (χ4v) is 1.64. The molecule has 6 heteroatoms. The molecule has 0 aliphatic carbocycles. The number of benzene rings is 1. The highest BCUT2D eigenvalue weighted by atomic mass is 127. The van der Waals surface area contributed by atoms with Gasteiger partial charge in [0.15, 0.2) is 0 Å². The quantitative estimate of drug-likeness (QED) is 0.679. The number of hydrogen-bond acceptors (Lipinski definition) is 4. The van der Waals surface area contributed by atoms with Crippen molar-refractivity contribution in [3.05, 3.63) is 51.9 Å². The van der Waals surface area contributed by atoms with E-state index in [4.69, 9.17) is 4.74 Å². The molecule has 1 heterocycles. The highest BCUT2D eigenvalue weighted by Crippen LogP contribution is 2.05. The molecule has 0 spiro atoms. The summed E-state index contributed by atoms with van der Waals surface area (Å²) in [5, 5.41) is 2.46.